The van der Waals surface area contributed by atoms with E-state index in [0.717, 1.165) is 0 Å². The number of pyridine rings is 1. The lowest BCUT2D eigenvalue weighted by Gasteiger charge is -2.10. The van der Waals surface area contributed by atoms with E-state index in [-0.39, 0.29) is 29.1 Å². The molecule has 0 radical (unpaired) electrons. The standard InChI is InChI=1S/C9H11N3O4S/c13-12(14)8-2-1-4-10-9(8)11-7-3-5-17(15,16)6-7/h1-2,4,7H,3,5-6H2,(H,10,11)/t7-/m0/s1. The largest absolute Gasteiger partial charge is 0.361 e. The van der Waals surface area contributed by atoms with Gasteiger partial charge in [-0.3, -0.25) is 10.1 Å². The van der Waals surface area contributed by atoms with Crippen molar-refractivity contribution in [2.24, 2.45) is 0 Å². The van der Waals surface area contributed by atoms with Crippen molar-refractivity contribution < 1.29 is 13.3 Å². The number of rotatable bonds is 3. The average molecular weight is 257 g/mol. The van der Waals surface area contributed by atoms with E-state index in [2.05, 4.69) is 10.3 Å². The van der Waals surface area contributed by atoms with Gasteiger partial charge in [-0.2, -0.15) is 0 Å². The predicted octanol–water partition coefficient (Wildman–Crippen LogP) is 0.589. The maximum atomic E-state index is 11.3. The summed E-state index contributed by atoms with van der Waals surface area (Å²) in [5, 5.41) is 13.5. The summed E-state index contributed by atoms with van der Waals surface area (Å²) < 4.78 is 22.5. The molecule has 0 bridgehead atoms. The quantitative estimate of drug-likeness (QED) is 0.628. The summed E-state index contributed by atoms with van der Waals surface area (Å²) in [5.41, 5.74) is -0.142. The van der Waals surface area contributed by atoms with E-state index in [1.807, 2.05) is 0 Å². The summed E-state index contributed by atoms with van der Waals surface area (Å²) in [6, 6.07) is 2.50. The van der Waals surface area contributed by atoms with Crippen LogP contribution in [0.1, 0.15) is 6.42 Å². The topological polar surface area (TPSA) is 102 Å². The third-order valence-corrected chi connectivity index (χ3v) is 4.32. The van der Waals surface area contributed by atoms with Crippen LogP contribution >= 0.6 is 0 Å². The van der Waals surface area contributed by atoms with E-state index in [1.54, 1.807) is 0 Å². The molecule has 1 aliphatic heterocycles. The maximum absolute atomic E-state index is 11.3. The Kier molecular flexibility index (Phi) is 2.97. The lowest BCUT2D eigenvalue weighted by atomic mass is 10.2. The van der Waals surface area contributed by atoms with Gasteiger partial charge in [-0.05, 0) is 12.5 Å². The minimum Gasteiger partial charge on any atom is -0.361 e. The second-order valence-electron chi connectivity index (χ2n) is 3.87. The summed E-state index contributed by atoms with van der Waals surface area (Å²) in [6.07, 6.45) is 1.88. The molecule has 7 nitrogen and oxygen atoms in total. The van der Waals surface area contributed by atoms with Crippen LogP contribution in [-0.4, -0.2) is 35.9 Å². The second kappa shape index (κ2) is 4.28. The number of hydrogen-bond donors (Lipinski definition) is 1. The van der Waals surface area contributed by atoms with E-state index in [1.165, 1.54) is 18.3 Å². The van der Waals surface area contributed by atoms with Gasteiger partial charge >= 0.3 is 5.69 Å². The number of aromatic nitrogens is 1. The highest BCUT2D eigenvalue weighted by atomic mass is 32.2. The van der Waals surface area contributed by atoms with Crippen LogP contribution in [0.2, 0.25) is 0 Å². The van der Waals surface area contributed by atoms with Crippen molar-refractivity contribution in [2.75, 3.05) is 16.8 Å². The summed E-state index contributed by atoms with van der Waals surface area (Å²) in [4.78, 5) is 14.1. The first-order valence-corrected chi connectivity index (χ1v) is 6.86. The first-order chi connectivity index (χ1) is 7.98. The van der Waals surface area contributed by atoms with Crippen LogP contribution in [-0.2, 0) is 9.84 Å². The van der Waals surface area contributed by atoms with Crippen LogP contribution in [0.3, 0.4) is 0 Å². The Labute approximate surface area is 97.9 Å². The normalized spacial score (nSPS) is 22.2. The van der Waals surface area contributed by atoms with E-state index in [9.17, 15) is 18.5 Å². The fraction of sp³-hybridized carbons (Fsp3) is 0.444. The van der Waals surface area contributed by atoms with E-state index in [4.69, 9.17) is 0 Å². The number of anilines is 1. The molecule has 1 aromatic heterocycles. The molecule has 0 saturated carbocycles. The molecule has 1 aliphatic rings. The molecule has 8 heteroatoms. The lowest BCUT2D eigenvalue weighted by Crippen LogP contribution is -2.21. The average Bonchev–Trinajstić information content (AvgIpc) is 2.58. The van der Waals surface area contributed by atoms with Gasteiger partial charge in [0.2, 0.25) is 5.82 Å². The number of nitrogens with one attached hydrogen (secondary N) is 1. The van der Waals surface area contributed by atoms with E-state index >= 15 is 0 Å². The minimum atomic E-state index is -3.01. The van der Waals surface area contributed by atoms with E-state index in [0.29, 0.717) is 6.42 Å². The minimum absolute atomic E-state index is 0.000723. The van der Waals surface area contributed by atoms with Crippen LogP contribution in [0.25, 0.3) is 0 Å². The molecule has 1 atom stereocenters. The molecule has 0 amide bonds. The molecule has 1 N–H and O–H groups in total. The number of nitro groups is 1. The molecule has 1 saturated heterocycles. The molecule has 2 rings (SSSR count). The molecule has 92 valence electrons. The van der Waals surface area contributed by atoms with Crippen molar-refractivity contribution >= 4 is 21.3 Å². The SMILES string of the molecule is O=[N+]([O-])c1cccnc1N[C@H]1CCS(=O)(=O)C1. The van der Waals surface area contributed by atoms with Crippen LogP contribution in [0, 0.1) is 10.1 Å². The first-order valence-electron chi connectivity index (χ1n) is 5.04. The van der Waals surface area contributed by atoms with Crippen molar-refractivity contribution in [3.8, 4) is 0 Å². The maximum Gasteiger partial charge on any atom is 0.311 e. The van der Waals surface area contributed by atoms with Gasteiger partial charge in [-0.15, -0.1) is 0 Å². The number of nitrogens with zero attached hydrogens (tertiary/aromatic N) is 2. The summed E-state index contributed by atoms with van der Waals surface area (Å²) >= 11 is 0. The third-order valence-electron chi connectivity index (χ3n) is 2.56. The zero-order valence-electron chi connectivity index (χ0n) is 8.87. The Bertz CT molecular complexity index is 543. The van der Waals surface area contributed by atoms with Gasteiger partial charge in [0.05, 0.1) is 16.4 Å². The highest BCUT2D eigenvalue weighted by Crippen LogP contribution is 2.23. The molecular formula is C9H11N3O4S. The molecule has 0 aliphatic carbocycles. The van der Waals surface area contributed by atoms with Crippen LogP contribution < -0.4 is 5.32 Å². The van der Waals surface area contributed by atoms with Gasteiger partial charge in [-0.1, -0.05) is 0 Å². The predicted molar refractivity (Wildman–Crippen MR) is 61.6 cm³/mol. The monoisotopic (exact) mass is 257 g/mol. The second-order valence-corrected chi connectivity index (χ2v) is 6.10. The van der Waals surface area contributed by atoms with Gasteiger partial charge in [0, 0.05) is 18.3 Å². The van der Waals surface area contributed by atoms with Gasteiger partial charge in [-0.25, -0.2) is 13.4 Å². The van der Waals surface area contributed by atoms with Gasteiger partial charge < -0.3 is 5.32 Å². The molecule has 1 fully saturated rings. The molecule has 17 heavy (non-hydrogen) atoms. The number of sulfone groups is 1. The van der Waals surface area contributed by atoms with Gasteiger partial charge in [0.15, 0.2) is 9.84 Å². The van der Waals surface area contributed by atoms with Crippen molar-refractivity contribution in [2.45, 2.75) is 12.5 Å². The van der Waals surface area contributed by atoms with Crippen LogP contribution in [0.4, 0.5) is 11.5 Å². The smallest absolute Gasteiger partial charge is 0.311 e. The fourth-order valence-electron chi connectivity index (χ4n) is 1.76. The van der Waals surface area contributed by atoms with Gasteiger partial charge in [0.1, 0.15) is 0 Å². The highest BCUT2D eigenvalue weighted by Gasteiger charge is 2.29. The Hall–Kier alpha value is -1.70. The molecular weight excluding hydrogens is 246 g/mol. The van der Waals surface area contributed by atoms with Crippen molar-refractivity contribution in [1.82, 2.24) is 4.98 Å². The first kappa shape index (κ1) is 11.8. The third kappa shape index (κ3) is 2.70. The Morgan fingerprint density at radius 3 is 2.88 bits per heavy atom. The summed E-state index contributed by atoms with van der Waals surface area (Å²) in [5.74, 6) is 0.242. The summed E-state index contributed by atoms with van der Waals surface area (Å²) in [7, 11) is -3.01. The Balaban J connectivity index is 2.17. The van der Waals surface area contributed by atoms with Crippen LogP contribution in [0.15, 0.2) is 18.3 Å². The molecule has 0 aromatic carbocycles. The zero-order chi connectivity index (χ0) is 12.5. The van der Waals surface area contributed by atoms with Crippen LogP contribution in [0.5, 0.6) is 0 Å². The molecule has 2 heterocycles. The Morgan fingerprint density at radius 1 is 1.53 bits per heavy atom. The lowest BCUT2D eigenvalue weighted by molar-refractivity contribution is -0.384. The highest BCUT2D eigenvalue weighted by molar-refractivity contribution is 7.91. The Morgan fingerprint density at radius 2 is 2.29 bits per heavy atom. The molecule has 0 spiro atoms. The van der Waals surface area contributed by atoms with E-state index < -0.39 is 14.8 Å². The van der Waals surface area contributed by atoms with Crippen molar-refractivity contribution in [3.05, 3.63) is 28.4 Å². The van der Waals surface area contributed by atoms with Crippen molar-refractivity contribution in [1.29, 1.82) is 0 Å². The number of hydrogen-bond acceptors (Lipinski definition) is 6. The fourth-order valence-corrected chi connectivity index (χ4v) is 3.43. The molecule has 0 unspecified atom stereocenters. The zero-order valence-corrected chi connectivity index (χ0v) is 9.68. The summed E-state index contributed by atoms with van der Waals surface area (Å²) in [6.45, 7) is 0. The van der Waals surface area contributed by atoms with Gasteiger partial charge in [0.25, 0.3) is 0 Å². The molecule has 1 aromatic rings. The van der Waals surface area contributed by atoms with Crippen molar-refractivity contribution in [3.63, 3.8) is 0 Å².